The van der Waals surface area contributed by atoms with Gasteiger partial charge in [-0.3, -0.25) is 4.31 Å². The molecule has 0 aliphatic heterocycles. The molecule has 0 aliphatic carbocycles. The zero-order valence-electron chi connectivity index (χ0n) is 13.7. The summed E-state index contributed by atoms with van der Waals surface area (Å²) in [5, 5.41) is 0.237. The van der Waals surface area contributed by atoms with Crippen molar-refractivity contribution in [2.45, 2.75) is 11.8 Å². The monoisotopic (exact) mass is 423 g/mol. The molecule has 0 atom stereocenters. The van der Waals surface area contributed by atoms with Crippen LogP contribution in [0.1, 0.15) is 6.92 Å². The first kappa shape index (κ1) is 20.0. The number of hydrogen-bond acceptors (Lipinski definition) is 4. The first-order chi connectivity index (χ1) is 11.8. The Labute approximate surface area is 162 Å². The molecule has 0 radical (unpaired) electrons. The average Bonchev–Trinajstić information content (AvgIpc) is 2.57. The number of halogens is 3. The fourth-order valence-corrected chi connectivity index (χ4v) is 4.83. The van der Waals surface area contributed by atoms with Gasteiger partial charge in [0, 0.05) is 6.54 Å². The van der Waals surface area contributed by atoms with E-state index in [0.29, 0.717) is 22.2 Å². The largest absolute Gasteiger partial charge is 0.495 e. The molecule has 2 aromatic carbocycles. The van der Waals surface area contributed by atoms with Crippen molar-refractivity contribution >= 4 is 50.5 Å². The van der Waals surface area contributed by atoms with Gasteiger partial charge in [-0.1, -0.05) is 34.8 Å². The number of methoxy groups -OCH3 is 2. The number of anilines is 1. The van der Waals surface area contributed by atoms with Gasteiger partial charge >= 0.3 is 0 Å². The molecule has 0 saturated heterocycles. The molecule has 0 bridgehead atoms. The zero-order valence-corrected chi connectivity index (χ0v) is 16.8. The molecule has 2 aromatic rings. The summed E-state index contributed by atoms with van der Waals surface area (Å²) < 4.78 is 37.5. The van der Waals surface area contributed by atoms with Crippen LogP contribution in [0.15, 0.2) is 35.2 Å². The van der Waals surface area contributed by atoms with Crippen LogP contribution in [0.3, 0.4) is 0 Å². The lowest BCUT2D eigenvalue weighted by atomic mass is 10.3. The van der Waals surface area contributed by atoms with E-state index in [1.54, 1.807) is 19.1 Å². The molecule has 0 amide bonds. The summed E-state index contributed by atoms with van der Waals surface area (Å²) in [4.78, 5) is -0.117. The van der Waals surface area contributed by atoms with E-state index in [9.17, 15) is 8.42 Å². The molecule has 136 valence electrons. The van der Waals surface area contributed by atoms with E-state index >= 15 is 0 Å². The minimum atomic E-state index is -3.96. The van der Waals surface area contributed by atoms with Crippen molar-refractivity contribution in [1.29, 1.82) is 0 Å². The van der Waals surface area contributed by atoms with E-state index in [0.717, 1.165) is 0 Å². The summed E-state index contributed by atoms with van der Waals surface area (Å²) in [6.07, 6.45) is 0. The summed E-state index contributed by atoms with van der Waals surface area (Å²) in [5.41, 5.74) is 0.385. The second-order valence-corrected chi connectivity index (χ2v) is 7.88. The second-order valence-electron chi connectivity index (χ2n) is 4.88. The SMILES string of the molecule is CCN(c1ccc(OC)c(Cl)c1)S(=O)(=O)c1ccc(OC)c(Cl)c1Cl. The van der Waals surface area contributed by atoms with Crippen molar-refractivity contribution in [2.24, 2.45) is 0 Å². The summed E-state index contributed by atoms with van der Waals surface area (Å²) in [6.45, 7) is 1.87. The molecule has 5 nitrogen and oxygen atoms in total. The molecule has 0 aliphatic rings. The molecule has 0 unspecified atom stereocenters. The standard InChI is InChI=1S/C16H16Cl3NO4S/c1-4-20(10-5-6-12(23-2)11(17)9-10)25(21,22)14-8-7-13(24-3)15(18)16(14)19/h5-9H,4H2,1-3H3. The number of benzene rings is 2. The predicted molar refractivity (Wildman–Crippen MR) is 101 cm³/mol. The average molecular weight is 425 g/mol. The van der Waals surface area contributed by atoms with Gasteiger partial charge in [0.15, 0.2) is 0 Å². The Balaban J connectivity index is 2.57. The molecule has 0 fully saturated rings. The van der Waals surface area contributed by atoms with Crippen LogP contribution in [0.4, 0.5) is 5.69 Å². The highest BCUT2D eigenvalue weighted by atomic mass is 35.5. The Morgan fingerprint density at radius 3 is 2.08 bits per heavy atom. The molecular formula is C16H16Cl3NO4S. The van der Waals surface area contributed by atoms with Gasteiger partial charge in [0.05, 0.1) is 30.0 Å². The van der Waals surface area contributed by atoms with Crippen molar-refractivity contribution in [3.8, 4) is 11.5 Å². The Hall–Kier alpha value is -1.34. The highest BCUT2D eigenvalue weighted by Gasteiger charge is 2.28. The fourth-order valence-electron chi connectivity index (χ4n) is 2.29. The Bertz CT molecular complexity index is 887. The molecule has 9 heteroatoms. The zero-order chi connectivity index (χ0) is 18.8. The van der Waals surface area contributed by atoms with Gasteiger partial charge in [-0.05, 0) is 37.3 Å². The van der Waals surface area contributed by atoms with E-state index in [1.165, 1.54) is 36.7 Å². The minimum Gasteiger partial charge on any atom is -0.495 e. The van der Waals surface area contributed by atoms with E-state index in [-0.39, 0.29) is 21.5 Å². The van der Waals surface area contributed by atoms with E-state index in [2.05, 4.69) is 0 Å². The first-order valence-electron chi connectivity index (χ1n) is 7.16. The maximum atomic E-state index is 13.1. The van der Waals surface area contributed by atoms with Gasteiger partial charge in [0.1, 0.15) is 21.4 Å². The number of hydrogen-bond donors (Lipinski definition) is 0. The molecule has 0 saturated carbocycles. The van der Waals surface area contributed by atoms with E-state index < -0.39 is 10.0 Å². The van der Waals surface area contributed by atoms with E-state index in [1.807, 2.05) is 0 Å². The van der Waals surface area contributed by atoms with Crippen molar-refractivity contribution in [1.82, 2.24) is 0 Å². The second kappa shape index (κ2) is 7.91. The molecule has 0 heterocycles. The molecular weight excluding hydrogens is 409 g/mol. The minimum absolute atomic E-state index is 0.0362. The summed E-state index contributed by atoms with van der Waals surface area (Å²) in [5.74, 6) is 0.741. The molecule has 25 heavy (non-hydrogen) atoms. The fraction of sp³-hybridized carbons (Fsp3) is 0.250. The van der Waals surface area contributed by atoms with Crippen molar-refractivity contribution < 1.29 is 17.9 Å². The van der Waals surface area contributed by atoms with Crippen LogP contribution in [0.5, 0.6) is 11.5 Å². The Morgan fingerprint density at radius 1 is 0.960 bits per heavy atom. The maximum Gasteiger partial charge on any atom is 0.265 e. The van der Waals surface area contributed by atoms with Crippen LogP contribution in [0.2, 0.25) is 15.1 Å². The topological polar surface area (TPSA) is 55.8 Å². The van der Waals surface area contributed by atoms with Gasteiger partial charge in [0.2, 0.25) is 0 Å². The molecule has 0 spiro atoms. The molecule has 2 rings (SSSR count). The quantitative estimate of drug-likeness (QED) is 0.663. The van der Waals surface area contributed by atoms with Gasteiger partial charge in [-0.25, -0.2) is 8.42 Å². The van der Waals surface area contributed by atoms with Gasteiger partial charge < -0.3 is 9.47 Å². The van der Waals surface area contributed by atoms with Crippen LogP contribution in [0.25, 0.3) is 0 Å². The van der Waals surface area contributed by atoms with Crippen LogP contribution in [-0.2, 0) is 10.0 Å². The van der Waals surface area contributed by atoms with Crippen LogP contribution in [0, 0.1) is 0 Å². The van der Waals surface area contributed by atoms with Crippen molar-refractivity contribution in [3.05, 3.63) is 45.4 Å². The number of ether oxygens (including phenoxy) is 2. The lowest BCUT2D eigenvalue weighted by Crippen LogP contribution is -2.31. The smallest absolute Gasteiger partial charge is 0.265 e. The van der Waals surface area contributed by atoms with Gasteiger partial charge in [-0.2, -0.15) is 0 Å². The van der Waals surface area contributed by atoms with Crippen molar-refractivity contribution in [2.75, 3.05) is 25.1 Å². The third kappa shape index (κ3) is 3.77. The number of rotatable bonds is 6. The number of sulfonamides is 1. The maximum absolute atomic E-state index is 13.1. The third-order valence-corrected chi connectivity index (χ3v) is 6.73. The third-order valence-electron chi connectivity index (χ3n) is 3.51. The summed E-state index contributed by atoms with van der Waals surface area (Å²) >= 11 is 18.4. The van der Waals surface area contributed by atoms with Crippen LogP contribution < -0.4 is 13.8 Å². The first-order valence-corrected chi connectivity index (χ1v) is 9.73. The lowest BCUT2D eigenvalue weighted by molar-refractivity contribution is 0.414. The highest BCUT2D eigenvalue weighted by molar-refractivity contribution is 7.93. The predicted octanol–water partition coefficient (Wildman–Crippen LogP) is 4.88. The van der Waals surface area contributed by atoms with Crippen LogP contribution >= 0.6 is 34.8 Å². The van der Waals surface area contributed by atoms with Gasteiger partial charge in [-0.15, -0.1) is 0 Å². The summed E-state index contributed by atoms with van der Waals surface area (Å²) in [6, 6.07) is 7.52. The molecule has 0 aromatic heterocycles. The number of nitrogens with zero attached hydrogens (tertiary/aromatic N) is 1. The normalized spacial score (nSPS) is 11.3. The van der Waals surface area contributed by atoms with Gasteiger partial charge in [0.25, 0.3) is 10.0 Å². The Morgan fingerprint density at radius 2 is 1.56 bits per heavy atom. The molecule has 0 N–H and O–H groups in total. The van der Waals surface area contributed by atoms with Crippen LogP contribution in [-0.4, -0.2) is 29.2 Å². The lowest BCUT2D eigenvalue weighted by Gasteiger charge is -2.24. The summed E-state index contributed by atoms with van der Waals surface area (Å²) in [7, 11) is -1.06. The van der Waals surface area contributed by atoms with E-state index in [4.69, 9.17) is 44.3 Å². The van der Waals surface area contributed by atoms with Crippen molar-refractivity contribution in [3.63, 3.8) is 0 Å². The highest BCUT2D eigenvalue weighted by Crippen LogP contribution is 2.39. The Kier molecular flexibility index (Phi) is 6.32.